The maximum atomic E-state index is 12.6. The van der Waals surface area contributed by atoms with Crippen LogP contribution in [0.4, 0.5) is 11.6 Å². The summed E-state index contributed by atoms with van der Waals surface area (Å²) in [5.74, 6) is 0.607. The van der Waals surface area contributed by atoms with Gasteiger partial charge in [0.05, 0.1) is 42.9 Å². The minimum absolute atomic E-state index is 0.0656. The number of rotatable bonds is 3. The lowest BCUT2D eigenvalue weighted by Gasteiger charge is -2.26. The minimum atomic E-state index is -0.0656. The second-order valence-corrected chi connectivity index (χ2v) is 5.58. The highest BCUT2D eigenvalue weighted by molar-refractivity contribution is 6.09. The number of nitrogens with zero attached hydrogens (tertiary/aromatic N) is 6. The van der Waals surface area contributed by atoms with Gasteiger partial charge in [0.25, 0.3) is 5.91 Å². The number of hydrogen-bond donors (Lipinski definition) is 0. The first-order chi connectivity index (χ1) is 11.3. The van der Waals surface area contributed by atoms with Crippen molar-refractivity contribution < 1.29 is 9.53 Å². The standard InChI is InChI=1S/C15H18N6O2/c1-2-20-9-11(7-17-20)21-10-13-12(14(21)22)8-16-15(18-13)19-3-5-23-6-4-19/h7-9H,2-6,10H2,1H3. The van der Waals surface area contributed by atoms with E-state index in [1.165, 1.54) is 0 Å². The largest absolute Gasteiger partial charge is 0.378 e. The predicted octanol–water partition coefficient (Wildman–Crippen LogP) is 0.690. The van der Waals surface area contributed by atoms with Gasteiger partial charge in [-0.2, -0.15) is 5.10 Å². The number of ether oxygens (including phenoxy) is 1. The smallest absolute Gasteiger partial charge is 0.262 e. The van der Waals surface area contributed by atoms with E-state index in [-0.39, 0.29) is 5.91 Å². The Kier molecular flexibility index (Phi) is 3.45. The van der Waals surface area contributed by atoms with Gasteiger partial charge in [-0.1, -0.05) is 0 Å². The number of carbonyl (C=O) groups excluding carboxylic acids is 1. The summed E-state index contributed by atoms with van der Waals surface area (Å²) < 4.78 is 7.15. The van der Waals surface area contributed by atoms with Crippen LogP contribution in [0, 0.1) is 0 Å². The van der Waals surface area contributed by atoms with Gasteiger partial charge in [0.1, 0.15) is 0 Å². The van der Waals surface area contributed by atoms with E-state index in [2.05, 4.69) is 20.0 Å². The minimum Gasteiger partial charge on any atom is -0.378 e. The first-order valence-electron chi connectivity index (χ1n) is 7.79. The summed E-state index contributed by atoms with van der Waals surface area (Å²) in [4.78, 5) is 25.3. The molecule has 1 fully saturated rings. The molecule has 0 N–H and O–H groups in total. The first kappa shape index (κ1) is 14.1. The molecular weight excluding hydrogens is 296 g/mol. The molecular formula is C15H18N6O2. The SMILES string of the molecule is CCn1cc(N2Cc3nc(N4CCOCC4)ncc3C2=O)cn1. The molecule has 120 valence electrons. The first-order valence-corrected chi connectivity index (χ1v) is 7.79. The normalized spacial score (nSPS) is 17.7. The van der Waals surface area contributed by atoms with Crippen molar-refractivity contribution in [2.45, 2.75) is 20.0 Å². The third kappa shape index (κ3) is 2.44. The zero-order chi connectivity index (χ0) is 15.8. The fourth-order valence-corrected chi connectivity index (χ4v) is 2.86. The van der Waals surface area contributed by atoms with Gasteiger partial charge in [-0.15, -0.1) is 0 Å². The average Bonchev–Trinajstić information content (AvgIpc) is 3.20. The number of anilines is 2. The third-order valence-electron chi connectivity index (χ3n) is 4.19. The van der Waals surface area contributed by atoms with Crippen molar-refractivity contribution in [2.75, 3.05) is 36.1 Å². The van der Waals surface area contributed by atoms with Crippen LogP contribution in [0.3, 0.4) is 0 Å². The van der Waals surface area contributed by atoms with Crippen LogP contribution >= 0.6 is 0 Å². The molecule has 0 radical (unpaired) electrons. The van der Waals surface area contributed by atoms with E-state index in [4.69, 9.17) is 4.74 Å². The maximum Gasteiger partial charge on any atom is 0.262 e. The van der Waals surface area contributed by atoms with E-state index in [1.54, 1.807) is 22.0 Å². The van der Waals surface area contributed by atoms with Crippen molar-refractivity contribution in [2.24, 2.45) is 0 Å². The topological polar surface area (TPSA) is 76.4 Å². The Labute approximate surface area is 133 Å². The van der Waals surface area contributed by atoms with Crippen LogP contribution in [0.25, 0.3) is 0 Å². The molecule has 23 heavy (non-hydrogen) atoms. The number of amides is 1. The molecule has 2 aliphatic rings. The van der Waals surface area contributed by atoms with Crippen LogP contribution in [0.15, 0.2) is 18.6 Å². The molecule has 0 spiro atoms. The van der Waals surface area contributed by atoms with E-state index >= 15 is 0 Å². The van der Waals surface area contributed by atoms with Crippen LogP contribution in [-0.2, 0) is 17.8 Å². The Hall–Kier alpha value is -2.48. The molecule has 1 saturated heterocycles. The van der Waals surface area contributed by atoms with Gasteiger partial charge in [-0.25, -0.2) is 9.97 Å². The van der Waals surface area contributed by atoms with Crippen molar-refractivity contribution in [3.63, 3.8) is 0 Å². The van der Waals surface area contributed by atoms with Crippen LogP contribution < -0.4 is 9.80 Å². The maximum absolute atomic E-state index is 12.6. The molecule has 8 heteroatoms. The van der Waals surface area contributed by atoms with Crippen LogP contribution in [0.5, 0.6) is 0 Å². The number of aromatic nitrogens is 4. The zero-order valence-corrected chi connectivity index (χ0v) is 13.0. The van der Waals surface area contributed by atoms with Crippen LogP contribution in [-0.4, -0.2) is 52.0 Å². The monoisotopic (exact) mass is 314 g/mol. The molecule has 0 bridgehead atoms. The highest BCUT2D eigenvalue weighted by Gasteiger charge is 2.32. The van der Waals surface area contributed by atoms with E-state index in [0.29, 0.717) is 31.3 Å². The van der Waals surface area contributed by atoms with Crippen LogP contribution in [0.1, 0.15) is 23.0 Å². The third-order valence-corrected chi connectivity index (χ3v) is 4.19. The molecule has 2 aromatic rings. The van der Waals surface area contributed by atoms with Crippen molar-refractivity contribution in [1.82, 2.24) is 19.7 Å². The molecule has 0 aliphatic carbocycles. The van der Waals surface area contributed by atoms with Gasteiger partial charge in [0.2, 0.25) is 5.95 Å². The van der Waals surface area contributed by atoms with E-state index in [9.17, 15) is 4.79 Å². The Morgan fingerprint density at radius 1 is 1.26 bits per heavy atom. The summed E-state index contributed by atoms with van der Waals surface area (Å²) in [6.45, 7) is 6.17. The molecule has 4 heterocycles. The number of morpholine rings is 1. The zero-order valence-electron chi connectivity index (χ0n) is 13.0. The van der Waals surface area contributed by atoms with Crippen molar-refractivity contribution in [3.05, 3.63) is 29.8 Å². The molecule has 1 amide bonds. The van der Waals surface area contributed by atoms with Crippen molar-refractivity contribution in [1.29, 1.82) is 0 Å². The Morgan fingerprint density at radius 2 is 2.09 bits per heavy atom. The molecule has 2 aliphatic heterocycles. The summed E-state index contributed by atoms with van der Waals surface area (Å²) in [7, 11) is 0. The van der Waals surface area contributed by atoms with Gasteiger partial charge >= 0.3 is 0 Å². The Balaban J connectivity index is 1.60. The summed E-state index contributed by atoms with van der Waals surface area (Å²) in [5, 5.41) is 4.23. The second-order valence-electron chi connectivity index (χ2n) is 5.58. The number of aryl methyl sites for hydroxylation is 1. The Morgan fingerprint density at radius 3 is 2.83 bits per heavy atom. The van der Waals surface area contributed by atoms with Gasteiger partial charge in [-0.05, 0) is 6.92 Å². The van der Waals surface area contributed by atoms with Crippen molar-refractivity contribution >= 4 is 17.5 Å². The van der Waals surface area contributed by atoms with Gasteiger partial charge in [-0.3, -0.25) is 14.4 Å². The summed E-state index contributed by atoms with van der Waals surface area (Å²) >= 11 is 0. The van der Waals surface area contributed by atoms with Crippen molar-refractivity contribution in [3.8, 4) is 0 Å². The van der Waals surface area contributed by atoms with Gasteiger partial charge in [0.15, 0.2) is 0 Å². The fraction of sp³-hybridized carbons (Fsp3) is 0.467. The molecule has 2 aromatic heterocycles. The highest BCUT2D eigenvalue weighted by atomic mass is 16.5. The number of hydrogen-bond acceptors (Lipinski definition) is 6. The lowest BCUT2D eigenvalue weighted by Crippen LogP contribution is -2.37. The number of fused-ring (bicyclic) bond motifs is 1. The Bertz CT molecular complexity index is 737. The molecule has 0 atom stereocenters. The van der Waals surface area contributed by atoms with Crippen LogP contribution in [0.2, 0.25) is 0 Å². The average molecular weight is 314 g/mol. The van der Waals surface area contributed by atoms with Gasteiger partial charge < -0.3 is 9.64 Å². The second kappa shape index (κ2) is 5.62. The highest BCUT2D eigenvalue weighted by Crippen LogP contribution is 2.27. The summed E-state index contributed by atoms with van der Waals surface area (Å²) in [5.41, 5.74) is 2.14. The van der Waals surface area contributed by atoms with E-state index < -0.39 is 0 Å². The molecule has 0 aromatic carbocycles. The fourth-order valence-electron chi connectivity index (χ4n) is 2.86. The number of carbonyl (C=O) groups is 1. The summed E-state index contributed by atoms with van der Waals surface area (Å²) in [6.07, 6.45) is 5.23. The lowest BCUT2D eigenvalue weighted by atomic mass is 10.3. The molecule has 4 rings (SSSR count). The van der Waals surface area contributed by atoms with Gasteiger partial charge in [0, 0.05) is 32.0 Å². The molecule has 8 nitrogen and oxygen atoms in total. The molecule has 0 unspecified atom stereocenters. The summed E-state index contributed by atoms with van der Waals surface area (Å²) in [6, 6.07) is 0. The van der Waals surface area contributed by atoms with E-state index in [1.807, 2.05) is 13.1 Å². The predicted molar refractivity (Wildman–Crippen MR) is 83.5 cm³/mol. The van der Waals surface area contributed by atoms with E-state index in [0.717, 1.165) is 31.0 Å². The quantitative estimate of drug-likeness (QED) is 0.829. The lowest BCUT2D eigenvalue weighted by molar-refractivity contribution is 0.0996. The molecule has 0 saturated carbocycles.